The molecule has 1 aliphatic carbocycles. The quantitative estimate of drug-likeness (QED) is 0.682. The van der Waals surface area contributed by atoms with Gasteiger partial charge in [-0.05, 0) is 43.5 Å². The Morgan fingerprint density at radius 1 is 1.46 bits per heavy atom. The largest absolute Gasteiger partial charge is 0.489 e. The maximum atomic E-state index is 11.9. The molecule has 3 aromatic rings. The number of nitriles is 1. The first-order valence-electron chi connectivity index (χ1n) is 9.05. The van der Waals surface area contributed by atoms with Crippen LogP contribution in [0, 0.1) is 17.2 Å². The van der Waals surface area contributed by atoms with Crippen LogP contribution in [0.2, 0.25) is 0 Å². The van der Waals surface area contributed by atoms with Crippen molar-refractivity contribution in [1.29, 1.82) is 5.26 Å². The summed E-state index contributed by atoms with van der Waals surface area (Å²) in [6.45, 7) is 1.75. The number of rotatable bonds is 6. The van der Waals surface area contributed by atoms with Gasteiger partial charge < -0.3 is 15.2 Å². The maximum absolute atomic E-state index is 11.9. The minimum absolute atomic E-state index is 0.00485. The Bertz CT molecular complexity index is 1080. The van der Waals surface area contributed by atoms with Gasteiger partial charge >= 0.3 is 0 Å². The number of nitrogens with zero attached hydrogens (tertiary/aromatic N) is 4. The first-order chi connectivity index (χ1) is 13.5. The zero-order chi connectivity index (χ0) is 19.7. The highest BCUT2D eigenvalue weighted by Crippen LogP contribution is 2.32. The molecule has 0 bridgehead atoms. The number of hydrogen-bond donors (Lipinski definition) is 2. The van der Waals surface area contributed by atoms with Gasteiger partial charge in [0.15, 0.2) is 5.82 Å². The van der Waals surface area contributed by atoms with E-state index >= 15 is 0 Å². The van der Waals surface area contributed by atoms with Crippen LogP contribution in [0.25, 0.3) is 16.6 Å². The molecule has 1 atom stereocenters. The van der Waals surface area contributed by atoms with E-state index in [2.05, 4.69) is 15.4 Å². The van der Waals surface area contributed by atoms with Crippen LogP contribution in [-0.2, 0) is 4.79 Å². The average molecular weight is 377 g/mol. The third-order valence-electron chi connectivity index (χ3n) is 4.44. The minimum Gasteiger partial charge on any atom is -0.489 e. The van der Waals surface area contributed by atoms with E-state index in [1.807, 2.05) is 18.2 Å². The summed E-state index contributed by atoms with van der Waals surface area (Å²) in [4.78, 5) is 16.0. The van der Waals surface area contributed by atoms with Gasteiger partial charge in [0.1, 0.15) is 24.1 Å². The van der Waals surface area contributed by atoms with Gasteiger partial charge in [-0.25, -0.2) is 9.50 Å². The van der Waals surface area contributed by atoms with Crippen molar-refractivity contribution in [2.75, 3.05) is 11.9 Å². The van der Waals surface area contributed by atoms with Crippen LogP contribution in [0.3, 0.4) is 0 Å². The van der Waals surface area contributed by atoms with Crippen LogP contribution in [0.4, 0.5) is 5.82 Å². The third kappa shape index (κ3) is 3.80. The summed E-state index contributed by atoms with van der Waals surface area (Å²) in [7, 11) is 0. The van der Waals surface area contributed by atoms with Crippen molar-refractivity contribution in [3.63, 3.8) is 0 Å². The number of anilines is 1. The number of hydrogen-bond acceptors (Lipinski definition) is 6. The number of fused-ring (bicyclic) bond motifs is 1. The minimum atomic E-state index is -0.626. The highest BCUT2D eigenvalue weighted by molar-refractivity contribution is 5.93. The Kier molecular flexibility index (Phi) is 4.67. The number of nitrogens with one attached hydrogen (secondary N) is 1. The average Bonchev–Trinajstić information content (AvgIpc) is 3.46. The zero-order valence-corrected chi connectivity index (χ0v) is 15.3. The summed E-state index contributed by atoms with van der Waals surface area (Å²) >= 11 is 0. The summed E-state index contributed by atoms with van der Waals surface area (Å²) in [5.74, 6) is 1.10. The van der Waals surface area contributed by atoms with Crippen molar-refractivity contribution in [3.05, 3.63) is 42.4 Å². The lowest BCUT2D eigenvalue weighted by Crippen LogP contribution is -2.13. The lowest BCUT2D eigenvalue weighted by atomic mass is 10.1. The number of carbonyl (C=O) groups excluding carboxylic acids is 1. The monoisotopic (exact) mass is 377 g/mol. The Hall–Kier alpha value is -3.44. The lowest BCUT2D eigenvalue weighted by molar-refractivity contribution is -0.117. The second-order valence-electron chi connectivity index (χ2n) is 6.92. The SMILES string of the molecule is CC(O)COc1cnc(C#N)cc1-c1ccn2nc(NC(=O)C3CC3)cc2c1. The molecule has 1 saturated carbocycles. The fourth-order valence-corrected chi connectivity index (χ4v) is 2.85. The molecule has 0 aromatic carbocycles. The van der Waals surface area contributed by atoms with Crippen molar-refractivity contribution in [2.45, 2.75) is 25.9 Å². The van der Waals surface area contributed by atoms with Gasteiger partial charge in [-0.3, -0.25) is 4.79 Å². The molecule has 1 aliphatic rings. The first kappa shape index (κ1) is 17.9. The van der Waals surface area contributed by atoms with E-state index in [4.69, 9.17) is 4.74 Å². The summed E-state index contributed by atoms with van der Waals surface area (Å²) < 4.78 is 7.33. The van der Waals surface area contributed by atoms with Gasteiger partial charge in [-0.2, -0.15) is 10.4 Å². The van der Waals surface area contributed by atoms with Crippen LogP contribution >= 0.6 is 0 Å². The molecule has 8 heteroatoms. The highest BCUT2D eigenvalue weighted by atomic mass is 16.5. The molecule has 28 heavy (non-hydrogen) atoms. The molecule has 4 rings (SSSR count). The van der Waals surface area contributed by atoms with E-state index in [-0.39, 0.29) is 24.1 Å². The lowest BCUT2D eigenvalue weighted by Gasteiger charge is -2.13. The molecule has 0 spiro atoms. The number of aliphatic hydroxyl groups excluding tert-OH is 1. The first-order valence-corrected chi connectivity index (χ1v) is 9.05. The van der Waals surface area contributed by atoms with E-state index in [0.717, 1.165) is 23.9 Å². The molecule has 0 saturated heterocycles. The van der Waals surface area contributed by atoms with Crippen molar-refractivity contribution in [1.82, 2.24) is 14.6 Å². The molecule has 8 nitrogen and oxygen atoms in total. The second-order valence-corrected chi connectivity index (χ2v) is 6.92. The topological polar surface area (TPSA) is 113 Å². The van der Waals surface area contributed by atoms with E-state index in [1.54, 1.807) is 29.8 Å². The highest BCUT2D eigenvalue weighted by Gasteiger charge is 2.30. The molecule has 3 heterocycles. The van der Waals surface area contributed by atoms with Gasteiger partial charge in [0.05, 0.1) is 17.8 Å². The van der Waals surface area contributed by atoms with Crippen LogP contribution in [0.15, 0.2) is 36.7 Å². The predicted octanol–water partition coefficient (Wildman–Crippen LogP) is 2.38. The molecule has 0 aliphatic heterocycles. The summed E-state index contributed by atoms with van der Waals surface area (Å²) in [6.07, 6.45) is 4.50. The van der Waals surface area contributed by atoms with Gasteiger partial charge in [0.25, 0.3) is 0 Å². The molecular formula is C20H19N5O3. The van der Waals surface area contributed by atoms with Crippen LogP contribution in [0.5, 0.6) is 5.75 Å². The number of amides is 1. The van der Waals surface area contributed by atoms with Gasteiger partial charge in [-0.1, -0.05) is 0 Å². The number of pyridine rings is 2. The molecule has 1 amide bonds. The van der Waals surface area contributed by atoms with E-state index < -0.39 is 6.10 Å². The Morgan fingerprint density at radius 3 is 3.00 bits per heavy atom. The van der Waals surface area contributed by atoms with Gasteiger partial charge in [0, 0.05) is 23.7 Å². The summed E-state index contributed by atoms with van der Waals surface area (Å²) in [5.41, 5.74) is 2.57. The fraction of sp³-hybridized carbons (Fsp3) is 0.300. The molecule has 142 valence electrons. The van der Waals surface area contributed by atoms with E-state index in [1.165, 1.54) is 6.20 Å². The van der Waals surface area contributed by atoms with Crippen molar-refractivity contribution >= 4 is 17.2 Å². The molecule has 3 aromatic heterocycles. The number of aliphatic hydroxyl groups is 1. The number of ether oxygens (including phenoxy) is 1. The maximum Gasteiger partial charge on any atom is 0.228 e. The Labute approximate surface area is 161 Å². The normalized spacial score (nSPS) is 14.5. The smallest absolute Gasteiger partial charge is 0.228 e. The Balaban J connectivity index is 1.67. The van der Waals surface area contributed by atoms with Crippen molar-refractivity contribution in [3.8, 4) is 22.9 Å². The zero-order valence-electron chi connectivity index (χ0n) is 15.3. The van der Waals surface area contributed by atoms with Crippen LogP contribution in [0.1, 0.15) is 25.5 Å². The Morgan fingerprint density at radius 2 is 2.29 bits per heavy atom. The van der Waals surface area contributed by atoms with Crippen LogP contribution in [-0.4, -0.2) is 38.3 Å². The summed E-state index contributed by atoms with van der Waals surface area (Å²) in [6, 6.07) is 9.21. The molecule has 1 unspecified atom stereocenters. The molecular weight excluding hydrogens is 358 g/mol. The molecule has 0 radical (unpaired) electrons. The third-order valence-corrected chi connectivity index (χ3v) is 4.44. The van der Waals surface area contributed by atoms with E-state index in [9.17, 15) is 15.2 Å². The second kappa shape index (κ2) is 7.29. The fourth-order valence-electron chi connectivity index (χ4n) is 2.85. The van der Waals surface area contributed by atoms with Gasteiger partial charge in [-0.15, -0.1) is 0 Å². The van der Waals surface area contributed by atoms with Crippen LogP contribution < -0.4 is 10.1 Å². The molecule has 2 N–H and O–H groups in total. The summed E-state index contributed by atoms with van der Waals surface area (Å²) in [5, 5.41) is 25.9. The number of aromatic nitrogens is 3. The molecule has 1 fully saturated rings. The standard InChI is InChI=1S/C20H19N5O3/c1-12(26)11-28-18-10-22-15(9-21)7-17(18)14-4-5-25-16(6-14)8-19(24-25)23-20(27)13-2-3-13/h4-8,10,12-13,26H,2-3,11H2,1H3,(H,23,24,27). The van der Waals surface area contributed by atoms with Crippen molar-refractivity contribution in [2.24, 2.45) is 5.92 Å². The van der Waals surface area contributed by atoms with Gasteiger partial charge in [0.2, 0.25) is 5.91 Å². The number of carbonyl (C=O) groups is 1. The van der Waals surface area contributed by atoms with Crippen molar-refractivity contribution < 1.29 is 14.6 Å². The van der Waals surface area contributed by atoms with E-state index in [0.29, 0.717) is 17.1 Å². The predicted molar refractivity (Wildman–Crippen MR) is 102 cm³/mol.